The summed E-state index contributed by atoms with van der Waals surface area (Å²) < 4.78 is 4.98. The lowest BCUT2D eigenvalue weighted by Crippen LogP contribution is -2.00. The van der Waals surface area contributed by atoms with E-state index < -0.39 is 0 Å². The summed E-state index contributed by atoms with van der Waals surface area (Å²) in [6, 6.07) is 0. The molecule has 0 atom stereocenters. The Morgan fingerprint density at radius 3 is 2.67 bits per heavy atom. The number of nitrogens with zero attached hydrogens (tertiary/aromatic N) is 4. The molecule has 2 N–H and O–H groups in total. The Bertz CT molecular complexity index is 1140. The van der Waals surface area contributed by atoms with Gasteiger partial charge in [0.1, 0.15) is 4.83 Å². The molecular weight excluding hydrogens is 324 g/mol. The Labute approximate surface area is 132 Å². The van der Waals surface area contributed by atoms with Gasteiger partial charge in [0.2, 0.25) is 15.3 Å². The van der Waals surface area contributed by atoms with Crippen LogP contribution in [-0.2, 0) is 12.8 Å². The van der Waals surface area contributed by atoms with E-state index in [4.69, 9.17) is 24.4 Å². The van der Waals surface area contributed by atoms with E-state index in [0.29, 0.717) is 15.3 Å². The Kier molecular flexibility index (Phi) is 2.28. The van der Waals surface area contributed by atoms with Gasteiger partial charge in [0.05, 0.1) is 5.39 Å². The summed E-state index contributed by atoms with van der Waals surface area (Å²) in [5.74, 6) is 0.694. The van der Waals surface area contributed by atoms with E-state index in [1.807, 2.05) is 20.1 Å². The lowest BCUT2D eigenvalue weighted by Gasteiger charge is -2.10. The second-order valence-electron chi connectivity index (χ2n) is 5.24. The Morgan fingerprint density at radius 1 is 1.00 bits per heavy atom. The summed E-state index contributed by atoms with van der Waals surface area (Å²) in [4.78, 5) is 2.57. The first-order valence-electron chi connectivity index (χ1n) is 6.76. The molecule has 0 spiro atoms. The molecule has 6 nitrogen and oxygen atoms in total. The average Bonchev–Trinajstić information content (AvgIpc) is 3.14. The number of hydrogen-bond donors (Lipinski definition) is 2. The van der Waals surface area contributed by atoms with Crippen LogP contribution < -0.4 is 0 Å². The highest BCUT2D eigenvalue weighted by Gasteiger charge is 2.23. The number of rotatable bonds is 0. The molecule has 0 radical (unpaired) electrons. The van der Waals surface area contributed by atoms with Gasteiger partial charge in [-0.25, -0.2) is 13.9 Å². The highest BCUT2D eigenvalue weighted by molar-refractivity contribution is 7.71. The molecule has 1 aliphatic carbocycles. The smallest absolute Gasteiger partial charge is 0.243 e. The number of aryl methyl sites for hydroxylation is 2. The first kappa shape index (κ1) is 12.0. The second kappa shape index (κ2) is 3.99. The Balaban J connectivity index is 2.20. The summed E-state index contributed by atoms with van der Waals surface area (Å²) >= 11 is 12.6. The molecule has 0 amide bonds. The van der Waals surface area contributed by atoms with Crippen molar-refractivity contribution in [2.45, 2.75) is 25.7 Å². The van der Waals surface area contributed by atoms with Crippen molar-refractivity contribution in [1.82, 2.24) is 29.2 Å². The van der Waals surface area contributed by atoms with E-state index >= 15 is 0 Å². The molecule has 0 bridgehead atoms. The molecule has 106 valence electrons. The van der Waals surface area contributed by atoms with Crippen molar-refractivity contribution in [2.24, 2.45) is 0 Å². The fraction of sp³-hybridized carbons (Fsp3) is 0.333. The first-order chi connectivity index (χ1) is 10.3. The van der Waals surface area contributed by atoms with Gasteiger partial charge in [-0.3, -0.25) is 5.10 Å². The van der Waals surface area contributed by atoms with Gasteiger partial charge in [0, 0.05) is 4.88 Å². The van der Waals surface area contributed by atoms with Gasteiger partial charge in [-0.15, -0.1) is 16.4 Å². The third-order valence-corrected chi connectivity index (χ3v) is 5.93. The number of aromatic amines is 2. The van der Waals surface area contributed by atoms with Crippen molar-refractivity contribution in [3.05, 3.63) is 20.0 Å². The topological polar surface area (TPSA) is 66.2 Å². The number of thiophene rings is 1. The molecule has 4 aromatic rings. The van der Waals surface area contributed by atoms with Crippen molar-refractivity contribution in [3.8, 4) is 0 Å². The highest BCUT2D eigenvalue weighted by Crippen LogP contribution is 2.38. The van der Waals surface area contributed by atoms with Crippen LogP contribution in [0.15, 0.2) is 0 Å². The molecule has 9 heteroatoms. The summed E-state index contributed by atoms with van der Waals surface area (Å²) in [5, 5.41) is 15.7. The van der Waals surface area contributed by atoms with Crippen molar-refractivity contribution in [1.29, 1.82) is 0 Å². The molecule has 0 saturated carbocycles. The lowest BCUT2D eigenvalue weighted by atomic mass is 9.97. The van der Waals surface area contributed by atoms with Gasteiger partial charge in [0.15, 0.2) is 5.65 Å². The zero-order valence-electron chi connectivity index (χ0n) is 10.8. The van der Waals surface area contributed by atoms with E-state index in [1.165, 1.54) is 28.7 Å². The predicted molar refractivity (Wildman–Crippen MR) is 86.3 cm³/mol. The largest absolute Gasteiger partial charge is 0.251 e. The molecule has 0 aromatic carbocycles. The maximum atomic E-state index is 5.41. The van der Waals surface area contributed by atoms with Crippen LogP contribution in [0.5, 0.6) is 0 Å². The first-order valence-corrected chi connectivity index (χ1v) is 8.39. The molecular formula is C12H10N6S3. The van der Waals surface area contributed by atoms with E-state index in [0.717, 1.165) is 23.3 Å². The molecule has 21 heavy (non-hydrogen) atoms. The molecule has 0 saturated heterocycles. The minimum Gasteiger partial charge on any atom is -0.251 e. The Hall–Kier alpha value is -1.58. The van der Waals surface area contributed by atoms with Crippen LogP contribution in [0.25, 0.3) is 21.6 Å². The van der Waals surface area contributed by atoms with E-state index in [9.17, 15) is 0 Å². The third kappa shape index (κ3) is 1.41. The SMILES string of the molecule is S=c1[nH]nc2c3c4c(sc3n3c(=S)[nH]nc3n12)CCCC4. The molecule has 1 aliphatic rings. The molecule has 4 aromatic heterocycles. The third-order valence-electron chi connectivity index (χ3n) is 4.11. The number of fused-ring (bicyclic) bond motifs is 8. The van der Waals surface area contributed by atoms with E-state index in [-0.39, 0.29) is 0 Å². The lowest BCUT2D eigenvalue weighted by molar-refractivity contribution is 0.700. The van der Waals surface area contributed by atoms with Gasteiger partial charge in [-0.05, 0) is 55.7 Å². The second-order valence-corrected chi connectivity index (χ2v) is 7.10. The van der Waals surface area contributed by atoms with Crippen molar-refractivity contribution >= 4 is 57.4 Å². The summed E-state index contributed by atoms with van der Waals surface area (Å²) in [7, 11) is 0. The maximum Gasteiger partial charge on any atom is 0.243 e. The zero-order chi connectivity index (χ0) is 14.1. The minimum absolute atomic E-state index is 0.543. The molecule has 5 rings (SSSR count). The number of nitrogens with one attached hydrogen (secondary N) is 2. The van der Waals surface area contributed by atoms with Crippen LogP contribution in [0.4, 0.5) is 0 Å². The van der Waals surface area contributed by atoms with Gasteiger partial charge < -0.3 is 0 Å². The normalized spacial score (nSPS) is 15.2. The fourth-order valence-electron chi connectivity index (χ4n) is 3.21. The summed E-state index contributed by atoms with van der Waals surface area (Å²) in [6.07, 6.45) is 4.72. The molecule has 0 aliphatic heterocycles. The summed E-state index contributed by atoms with van der Waals surface area (Å²) in [5.41, 5.74) is 2.26. The Morgan fingerprint density at radius 2 is 1.76 bits per heavy atom. The van der Waals surface area contributed by atoms with E-state index in [1.54, 1.807) is 0 Å². The van der Waals surface area contributed by atoms with E-state index in [2.05, 4.69) is 20.4 Å². The zero-order valence-corrected chi connectivity index (χ0v) is 13.3. The van der Waals surface area contributed by atoms with Crippen LogP contribution in [0, 0.1) is 9.54 Å². The molecule has 0 unspecified atom stereocenters. The van der Waals surface area contributed by atoms with Gasteiger partial charge in [-0.2, -0.15) is 5.10 Å². The minimum atomic E-state index is 0.543. The quantitative estimate of drug-likeness (QED) is 0.485. The van der Waals surface area contributed by atoms with Crippen molar-refractivity contribution < 1.29 is 0 Å². The standard InChI is InChI=1S/C12H10N6S3/c19-11-15-13-8-7-5-3-1-2-4-6(5)21-9(7)18-10(17(8)11)14-16-12(18)20/h1-4H2,(H,15,19)(H,16,20). The van der Waals surface area contributed by atoms with Crippen LogP contribution in [0.3, 0.4) is 0 Å². The van der Waals surface area contributed by atoms with Crippen LogP contribution in [-0.4, -0.2) is 29.2 Å². The fourth-order valence-corrected chi connectivity index (χ4v) is 5.09. The highest BCUT2D eigenvalue weighted by atomic mass is 32.1. The van der Waals surface area contributed by atoms with Crippen LogP contribution in [0.2, 0.25) is 0 Å². The van der Waals surface area contributed by atoms with Crippen molar-refractivity contribution in [2.75, 3.05) is 0 Å². The maximum absolute atomic E-state index is 5.41. The van der Waals surface area contributed by atoms with Gasteiger partial charge in [0.25, 0.3) is 0 Å². The monoisotopic (exact) mass is 334 g/mol. The number of aromatic nitrogens is 6. The number of H-pyrrole nitrogens is 2. The van der Waals surface area contributed by atoms with Gasteiger partial charge in [-0.1, -0.05) is 0 Å². The summed E-state index contributed by atoms with van der Waals surface area (Å²) in [6.45, 7) is 0. The average molecular weight is 334 g/mol. The predicted octanol–water partition coefficient (Wildman–Crippen LogP) is 3.19. The van der Waals surface area contributed by atoms with Crippen LogP contribution >= 0.6 is 35.8 Å². The van der Waals surface area contributed by atoms with Crippen LogP contribution in [0.1, 0.15) is 23.3 Å². The van der Waals surface area contributed by atoms with Crippen molar-refractivity contribution in [3.63, 3.8) is 0 Å². The van der Waals surface area contributed by atoms with Gasteiger partial charge >= 0.3 is 0 Å². The molecule has 4 heterocycles. The number of hydrogen-bond acceptors (Lipinski definition) is 5. The molecule has 0 fully saturated rings.